The molecule has 1 aliphatic rings. The van der Waals surface area contributed by atoms with E-state index in [-0.39, 0.29) is 50.1 Å². The first-order valence-electron chi connectivity index (χ1n) is 10.3. The summed E-state index contributed by atoms with van der Waals surface area (Å²) in [6.07, 6.45) is -4.64. The number of rotatable bonds is 6. The maximum atomic E-state index is 12.9. The first kappa shape index (κ1) is 24.0. The molecule has 11 heteroatoms. The number of anilines is 1. The zero-order valence-electron chi connectivity index (χ0n) is 17.8. The quantitative estimate of drug-likeness (QED) is 0.521. The van der Waals surface area contributed by atoms with E-state index in [1.54, 1.807) is 9.80 Å². The van der Waals surface area contributed by atoms with Crippen LogP contribution >= 0.6 is 0 Å². The lowest BCUT2D eigenvalue weighted by Gasteiger charge is -2.36. The van der Waals surface area contributed by atoms with Gasteiger partial charge in [0.25, 0.3) is 5.69 Å². The number of carbonyl (C=O) groups is 2. The molecule has 1 unspecified atom stereocenters. The molecule has 3 rings (SSSR count). The van der Waals surface area contributed by atoms with Crippen LogP contribution in [-0.2, 0) is 15.8 Å². The van der Waals surface area contributed by atoms with Crippen LogP contribution in [0, 0.1) is 10.1 Å². The fourth-order valence-corrected chi connectivity index (χ4v) is 3.80. The highest BCUT2D eigenvalue weighted by atomic mass is 19.4. The number of amides is 2. The summed E-state index contributed by atoms with van der Waals surface area (Å²) in [6.45, 7) is 2.33. The summed E-state index contributed by atoms with van der Waals surface area (Å²) >= 11 is 0. The molecule has 33 heavy (non-hydrogen) atoms. The van der Waals surface area contributed by atoms with Gasteiger partial charge in [-0.05, 0) is 17.7 Å². The summed E-state index contributed by atoms with van der Waals surface area (Å²) in [5.74, 6) is -0.463. The summed E-state index contributed by atoms with van der Waals surface area (Å²) in [5, 5.41) is 14.1. The lowest BCUT2D eigenvalue weighted by molar-refractivity contribution is -0.384. The molecule has 0 bridgehead atoms. The van der Waals surface area contributed by atoms with E-state index in [0.29, 0.717) is 6.07 Å². The highest BCUT2D eigenvalue weighted by molar-refractivity contribution is 5.79. The number of hydrogen-bond acceptors (Lipinski definition) is 5. The maximum Gasteiger partial charge on any atom is 0.416 e. The number of nitrogens with one attached hydrogen (secondary N) is 1. The minimum absolute atomic E-state index is 0.0457. The van der Waals surface area contributed by atoms with Crippen molar-refractivity contribution in [1.29, 1.82) is 0 Å². The first-order valence-corrected chi connectivity index (χ1v) is 10.3. The Kier molecular flexibility index (Phi) is 7.19. The number of benzene rings is 2. The van der Waals surface area contributed by atoms with Crippen LogP contribution in [0.15, 0.2) is 48.5 Å². The molecule has 1 fully saturated rings. The van der Waals surface area contributed by atoms with Gasteiger partial charge in [-0.15, -0.1) is 0 Å². The number of nitro benzene ring substituents is 1. The second kappa shape index (κ2) is 9.88. The number of carbonyl (C=O) groups excluding carboxylic acids is 2. The summed E-state index contributed by atoms with van der Waals surface area (Å²) in [7, 11) is 0. The molecular formula is C22H23F3N4O4. The van der Waals surface area contributed by atoms with Gasteiger partial charge < -0.3 is 15.1 Å². The van der Waals surface area contributed by atoms with Gasteiger partial charge in [-0.1, -0.05) is 30.3 Å². The first-order chi connectivity index (χ1) is 15.6. The molecule has 1 heterocycles. The molecule has 0 radical (unpaired) electrons. The van der Waals surface area contributed by atoms with Crippen LogP contribution in [0.1, 0.15) is 30.5 Å². The molecule has 2 amide bonds. The smallest absolute Gasteiger partial charge is 0.362 e. The molecule has 8 nitrogen and oxygen atoms in total. The number of halogens is 3. The highest BCUT2D eigenvalue weighted by Gasteiger charge is 2.34. The topological polar surface area (TPSA) is 95.8 Å². The van der Waals surface area contributed by atoms with E-state index in [2.05, 4.69) is 5.32 Å². The zero-order chi connectivity index (χ0) is 24.2. The largest absolute Gasteiger partial charge is 0.416 e. The predicted octanol–water partition coefficient (Wildman–Crippen LogP) is 3.53. The van der Waals surface area contributed by atoms with Gasteiger partial charge in [0.05, 0.1) is 22.9 Å². The molecule has 1 atom stereocenters. The van der Waals surface area contributed by atoms with Gasteiger partial charge >= 0.3 is 6.18 Å². The van der Waals surface area contributed by atoms with Crippen LogP contribution < -0.4 is 10.2 Å². The van der Waals surface area contributed by atoms with Gasteiger partial charge in [-0.2, -0.15) is 13.2 Å². The predicted molar refractivity (Wildman–Crippen MR) is 115 cm³/mol. The van der Waals surface area contributed by atoms with Crippen LogP contribution in [0.5, 0.6) is 0 Å². The van der Waals surface area contributed by atoms with E-state index >= 15 is 0 Å². The van der Waals surface area contributed by atoms with Crippen LogP contribution in [0.4, 0.5) is 24.5 Å². The van der Waals surface area contributed by atoms with Crippen molar-refractivity contribution >= 4 is 23.2 Å². The van der Waals surface area contributed by atoms with Crippen molar-refractivity contribution in [1.82, 2.24) is 10.2 Å². The third-order valence-electron chi connectivity index (χ3n) is 5.43. The third kappa shape index (κ3) is 5.99. The number of nitro groups is 1. The van der Waals surface area contributed by atoms with Crippen LogP contribution in [0.3, 0.4) is 0 Å². The standard InChI is InChI=1S/C22H23F3N4O4/c1-15(30)26-18(16-5-3-2-4-6-16)14-21(31)28-11-9-27(10-12-28)19-8-7-17(22(23,24)25)13-20(19)29(32)33/h2-8,13,18H,9-12,14H2,1H3,(H,26,30). The van der Waals surface area contributed by atoms with Crippen molar-refractivity contribution < 1.29 is 27.7 Å². The Labute approximate surface area is 188 Å². The Bertz CT molecular complexity index is 1020. The van der Waals surface area contributed by atoms with E-state index in [1.165, 1.54) is 6.92 Å². The summed E-state index contributed by atoms with van der Waals surface area (Å²) < 4.78 is 38.8. The molecular weight excluding hydrogens is 441 g/mol. The van der Waals surface area contributed by atoms with Crippen molar-refractivity contribution in [3.8, 4) is 0 Å². The molecule has 0 spiro atoms. The molecule has 1 aliphatic heterocycles. The van der Waals surface area contributed by atoms with Crippen molar-refractivity contribution in [2.75, 3.05) is 31.1 Å². The average molecular weight is 464 g/mol. The highest BCUT2D eigenvalue weighted by Crippen LogP contribution is 2.36. The molecule has 0 saturated carbocycles. The Morgan fingerprint density at radius 1 is 1.09 bits per heavy atom. The Balaban J connectivity index is 1.68. The van der Waals surface area contributed by atoms with Crippen molar-refractivity contribution in [3.05, 3.63) is 69.8 Å². The van der Waals surface area contributed by atoms with Gasteiger partial charge in [0, 0.05) is 39.2 Å². The third-order valence-corrected chi connectivity index (χ3v) is 5.43. The molecule has 2 aromatic rings. The minimum Gasteiger partial charge on any atom is -0.362 e. The summed E-state index contributed by atoms with van der Waals surface area (Å²) in [6, 6.07) is 11.0. The average Bonchev–Trinajstić information content (AvgIpc) is 2.78. The molecule has 176 valence electrons. The molecule has 0 aliphatic carbocycles. The second-order valence-electron chi connectivity index (χ2n) is 7.69. The van der Waals surface area contributed by atoms with E-state index in [0.717, 1.165) is 17.7 Å². The van der Waals surface area contributed by atoms with Crippen LogP contribution in [0.25, 0.3) is 0 Å². The van der Waals surface area contributed by atoms with Gasteiger partial charge in [-0.3, -0.25) is 19.7 Å². The summed E-state index contributed by atoms with van der Waals surface area (Å²) in [5.41, 5.74) is -0.836. The molecule has 2 aromatic carbocycles. The maximum absolute atomic E-state index is 12.9. The fourth-order valence-electron chi connectivity index (χ4n) is 3.80. The van der Waals surface area contributed by atoms with Crippen molar-refractivity contribution in [2.24, 2.45) is 0 Å². The van der Waals surface area contributed by atoms with E-state index in [1.807, 2.05) is 30.3 Å². The SMILES string of the molecule is CC(=O)NC(CC(=O)N1CCN(c2ccc(C(F)(F)F)cc2[N+](=O)[O-])CC1)c1ccccc1. The number of alkyl halides is 3. The summed E-state index contributed by atoms with van der Waals surface area (Å²) in [4.78, 5) is 38.2. The fraction of sp³-hybridized carbons (Fsp3) is 0.364. The van der Waals surface area contributed by atoms with E-state index < -0.39 is 28.4 Å². The van der Waals surface area contributed by atoms with E-state index in [4.69, 9.17) is 0 Å². The Morgan fingerprint density at radius 2 is 1.73 bits per heavy atom. The molecule has 1 saturated heterocycles. The molecule has 1 N–H and O–H groups in total. The normalized spacial score (nSPS) is 15.2. The van der Waals surface area contributed by atoms with Crippen LogP contribution in [-0.4, -0.2) is 47.8 Å². The van der Waals surface area contributed by atoms with E-state index in [9.17, 15) is 32.9 Å². The van der Waals surface area contributed by atoms with Crippen LogP contribution in [0.2, 0.25) is 0 Å². The van der Waals surface area contributed by atoms with Crippen molar-refractivity contribution in [3.63, 3.8) is 0 Å². The lowest BCUT2D eigenvalue weighted by Crippen LogP contribution is -2.49. The number of hydrogen-bond donors (Lipinski definition) is 1. The van der Waals surface area contributed by atoms with Gasteiger partial charge in [0.2, 0.25) is 11.8 Å². The zero-order valence-corrected chi connectivity index (χ0v) is 17.8. The Morgan fingerprint density at radius 3 is 2.27 bits per heavy atom. The van der Waals surface area contributed by atoms with Gasteiger partial charge in [-0.25, -0.2) is 0 Å². The number of piperazine rings is 1. The molecule has 0 aromatic heterocycles. The number of nitrogens with zero attached hydrogens (tertiary/aromatic N) is 3. The van der Waals surface area contributed by atoms with Crippen molar-refractivity contribution in [2.45, 2.75) is 25.6 Å². The Hall–Kier alpha value is -3.63. The lowest BCUT2D eigenvalue weighted by atomic mass is 10.0. The minimum atomic E-state index is -4.68. The monoisotopic (exact) mass is 464 g/mol. The second-order valence-corrected chi connectivity index (χ2v) is 7.69. The van der Waals surface area contributed by atoms with Gasteiger partial charge in [0.15, 0.2) is 0 Å². The van der Waals surface area contributed by atoms with Gasteiger partial charge in [0.1, 0.15) is 5.69 Å².